The number of hydrogen-bond donors (Lipinski definition) is 0. The third-order valence-electron chi connectivity index (χ3n) is 3.60. The molecule has 0 spiro atoms. The number of nitriles is 1. The summed E-state index contributed by atoms with van der Waals surface area (Å²) < 4.78 is 6.80. The van der Waals surface area contributed by atoms with Crippen molar-refractivity contribution in [2.24, 2.45) is 0 Å². The van der Waals surface area contributed by atoms with Gasteiger partial charge in [0.1, 0.15) is 11.8 Å². The van der Waals surface area contributed by atoms with E-state index in [-0.39, 0.29) is 5.97 Å². The van der Waals surface area contributed by atoms with E-state index in [4.69, 9.17) is 4.74 Å². The van der Waals surface area contributed by atoms with E-state index in [9.17, 15) is 10.1 Å². The van der Waals surface area contributed by atoms with E-state index < -0.39 is 0 Å². The lowest BCUT2D eigenvalue weighted by Crippen LogP contribution is -2.08. The van der Waals surface area contributed by atoms with Gasteiger partial charge in [0, 0.05) is 11.1 Å². The standard InChI is InChI=1S/C20H16N2O2S/c1-2-24-20(23)18-9-6-12-22(18)25-19-13-16(10-11-17(19)14-21)15-7-4-3-5-8-15/h3-13H,2H2,1H3. The average molecular weight is 348 g/mol. The van der Waals surface area contributed by atoms with Crippen molar-refractivity contribution in [3.63, 3.8) is 0 Å². The maximum Gasteiger partial charge on any atom is 0.355 e. The van der Waals surface area contributed by atoms with Crippen molar-refractivity contribution in [1.29, 1.82) is 5.26 Å². The minimum absolute atomic E-state index is 0.321. The molecule has 0 bridgehead atoms. The third-order valence-corrected chi connectivity index (χ3v) is 4.65. The Labute approximate surface area is 150 Å². The van der Waals surface area contributed by atoms with Gasteiger partial charge >= 0.3 is 5.97 Å². The Hall–Kier alpha value is -2.97. The molecule has 0 unspecified atom stereocenters. The van der Waals surface area contributed by atoms with Gasteiger partial charge in [-0.1, -0.05) is 36.4 Å². The molecular formula is C20H16N2O2S. The number of nitrogens with zero attached hydrogens (tertiary/aromatic N) is 2. The first-order valence-corrected chi connectivity index (χ1v) is 8.62. The van der Waals surface area contributed by atoms with Gasteiger partial charge in [0.05, 0.1) is 12.2 Å². The molecule has 5 heteroatoms. The van der Waals surface area contributed by atoms with Crippen molar-refractivity contribution in [2.75, 3.05) is 6.61 Å². The Morgan fingerprint density at radius 2 is 1.92 bits per heavy atom. The minimum Gasteiger partial charge on any atom is -0.461 e. The minimum atomic E-state index is -0.377. The van der Waals surface area contributed by atoms with Crippen LogP contribution in [-0.4, -0.2) is 16.5 Å². The summed E-state index contributed by atoms with van der Waals surface area (Å²) in [5.41, 5.74) is 3.10. The van der Waals surface area contributed by atoms with E-state index in [1.165, 1.54) is 11.9 Å². The Balaban J connectivity index is 1.96. The number of hydrogen-bond acceptors (Lipinski definition) is 4. The van der Waals surface area contributed by atoms with Crippen LogP contribution in [0, 0.1) is 11.3 Å². The Morgan fingerprint density at radius 3 is 2.64 bits per heavy atom. The maximum absolute atomic E-state index is 12.0. The second-order valence-electron chi connectivity index (χ2n) is 5.22. The van der Waals surface area contributed by atoms with Crippen molar-refractivity contribution < 1.29 is 9.53 Å². The number of benzene rings is 2. The fraction of sp³-hybridized carbons (Fsp3) is 0.100. The van der Waals surface area contributed by atoms with E-state index in [1.54, 1.807) is 35.3 Å². The van der Waals surface area contributed by atoms with Crippen LogP contribution in [-0.2, 0) is 4.74 Å². The summed E-state index contributed by atoms with van der Waals surface area (Å²) in [5.74, 6) is -0.377. The second kappa shape index (κ2) is 7.73. The molecule has 1 heterocycles. The van der Waals surface area contributed by atoms with Crippen molar-refractivity contribution >= 4 is 17.9 Å². The van der Waals surface area contributed by atoms with Crippen LogP contribution < -0.4 is 0 Å². The normalized spacial score (nSPS) is 10.2. The fourth-order valence-electron chi connectivity index (χ4n) is 2.42. The van der Waals surface area contributed by atoms with Crippen molar-refractivity contribution in [1.82, 2.24) is 3.97 Å². The van der Waals surface area contributed by atoms with Gasteiger partial charge in [-0.2, -0.15) is 5.26 Å². The van der Waals surface area contributed by atoms with Crippen LogP contribution in [0.5, 0.6) is 0 Å². The van der Waals surface area contributed by atoms with Crippen LogP contribution in [0.2, 0.25) is 0 Å². The number of carbonyl (C=O) groups is 1. The van der Waals surface area contributed by atoms with Crippen LogP contribution >= 0.6 is 11.9 Å². The molecule has 0 amide bonds. The van der Waals surface area contributed by atoms with E-state index in [0.29, 0.717) is 17.9 Å². The highest BCUT2D eigenvalue weighted by Crippen LogP contribution is 2.31. The molecule has 0 radical (unpaired) electrons. The van der Waals surface area contributed by atoms with Gasteiger partial charge in [-0.25, -0.2) is 4.79 Å². The predicted octanol–water partition coefficient (Wildman–Crippen LogP) is 4.76. The third kappa shape index (κ3) is 3.76. The summed E-state index contributed by atoms with van der Waals surface area (Å²) in [5, 5.41) is 9.41. The SMILES string of the molecule is CCOC(=O)c1cccn1Sc1cc(-c2ccccc2)ccc1C#N. The molecule has 4 nitrogen and oxygen atoms in total. The quantitative estimate of drug-likeness (QED) is 0.624. The van der Waals surface area contributed by atoms with Gasteiger partial charge in [0.15, 0.2) is 0 Å². The first kappa shape index (κ1) is 16.9. The molecule has 3 rings (SSSR count). The average Bonchev–Trinajstić information content (AvgIpc) is 3.11. The Kier molecular flexibility index (Phi) is 5.22. The molecule has 0 N–H and O–H groups in total. The van der Waals surface area contributed by atoms with E-state index in [2.05, 4.69) is 6.07 Å². The molecule has 0 aliphatic rings. The number of carbonyl (C=O) groups excluding carboxylic acids is 1. The summed E-state index contributed by atoms with van der Waals surface area (Å²) in [6.07, 6.45) is 1.78. The second-order valence-corrected chi connectivity index (χ2v) is 6.24. The van der Waals surface area contributed by atoms with E-state index >= 15 is 0 Å². The lowest BCUT2D eigenvalue weighted by Gasteiger charge is -2.10. The zero-order chi connectivity index (χ0) is 17.6. The van der Waals surface area contributed by atoms with Crippen LogP contribution in [0.3, 0.4) is 0 Å². The zero-order valence-electron chi connectivity index (χ0n) is 13.7. The smallest absolute Gasteiger partial charge is 0.355 e. The van der Waals surface area contributed by atoms with Gasteiger partial charge in [0.2, 0.25) is 0 Å². The largest absolute Gasteiger partial charge is 0.461 e. The van der Waals surface area contributed by atoms with Crippen LogP contribution in [0.4, 0.5) is 0 Å². The van der Waals surface area contributed by atoms with Crippen molar-refractivity contribution in [3.8, 4) is 17.2 Å². The van der Waals surface area contributed by atoms with Crippen molar-refractivity contribution in [2.45, 2.75) is 11.8 Å². The van der Waals surface area contributed by atoms with Crippen molar-refractivity contribution in [3.05, 3.63) is 78.1 Å². The van der Waals surface area contributed by atoms with E-state index in [1.807, 2.05) is 42.5 Å². The van der Waals surface area contributed by atoms with Crippen LogP contribution in [0.15, 0.2) is 71.8 Å². The highest BCUT2D eigenvalue weighted by Gasteiger charge is 2.14. The van der Waals surface area contributed by atoms with Gasteiger partial charge < -0.3 is 4.74 Å². The number of aromatic nitrogens is 1. The van der Waals surface area contributed by atoms with Gasteiger partial charge in [-0.05, 0) is 54.3 Å². The molecule has 0 aliphatic heterocycles. The fourth-order valence-corrected chi connectivity index (χ4v) is 3.38. The van der Waals surface area contributed by atoms with E-state index in [0.717, 1.165) is 16.0 Å². The lowest BCUT2D eigenvalue weighted by molar-refractivity contribution is 0.0519. The molecule has 0 fully saturated rings. The van der Waals surface area contributed by atoms with Crippen LogP contribution in [0.25, 0.3) is 11.1 Å². The monoisotopic (exact) mass is 348 g/mol. The number of ether oxygens (including phenoxy) is 1. The Morgan fingerprint density at radius 1 is 1.12 bits per heavy atom. The molecule has 2 aromatic carbocycles. The first-order valence-electron chi connectivity index (χ1n) is 7.85. The topological polar surface area (TPSA) is 55.0 Å². The van der Waals surface area contributed by atoms with Crippen LogP contribution in [0.1, 0.15) is 23.0 Å². The Bertz CT molecular complexity index is 926. The molecule has 0 saturated carbocycles. The summed E-state index contributed by atoms with van der Waals surface area (Å²) in [6.45, 7) is 2.09. The summed E-state index contributed by atoms with van der Waals surface area (Å²) in [4.78, 5) is 12.8. The highest BCUT2D eigenvalue weighted by molar-refractivity contribution is 7.98. The predicted molar refractivity (Wildman–Crippen MR) is 98.2 cm³/mol. The maximum atomic E-state index is 12.0. The summed E-state index contributed by atoms with van der Waals surface area (Å²) >= 11 is 1.33. The summed E-state index contributed by atoms with van der Waals surface area (Å²) in [6, 6.07) is 21.4. The van der Waals surface area contributed by atoms with Gasteiger partial charge in [0.25, 0.3) is 0 Å². The molecule has 1 aromatic heterocycles. The summed E-state index contributed by atoms with van der Waals surface area (Å²) in [7, 11) is 0. The molecule has 0 aliphatic carbocycles. The first-order chi connectivity index (χ1) is 12.2. The molecule has 25 heavy (non-hydrogen) atoms. The van der Waals surface area contributed by atoms with Gasteiger partial charge in [-0.3, -0.25) is 3.97 Å². The lowest BCUT2D eigenvalue weighted by atomic mass is 10.0. The molecule has 0 saturated heterocycles. The molecule has 124 valence electrons. The molecular weight excluding hydrogens is 332 g/mol. The zero-order valence-corrected chi connectivity index (χ0v) is 14.5. The number of rotatable bonds is 5. The molecule has 3 aromatic rings. The van der Waals surface area contributed by atoms with Gasteiger partial charge in [-0.15, -0.1) is 0 Å². The highest BCUT2D eigenvalue weighted by atomic mass is 32.2. The molecule has 0 atom stereocenters. The number of esters is 1.